The Bertz CT molecular complexity index is 813. The lowest BCUT2D eigenvalue weighted by atomic mass is 10.1. The predicted molar refractivity (Wildman–Crippen MR) is 95.3 cm³/mol. The molecule has 0 saturated heterocycles. The van der Waals surface area contributed by atoms with Gasteiger partial charge in [0.1, 0.15) is 5.58 Å². The van der Waals surface area contributed by atoms with Crippen LogP contribution in [0.25, 0.3) is 11.0 Å². The molecule has 0 atom stereocenters. The molecule has 0 aliphatic rings. The molecule has 0 spiro atoms. The Morgan fingerprint density at radius 3 is 2.68 bits per heavy atom. The molecule has 134 valence electrons. The number of esters is 1. The maximum Gasteiger partial charge on any atom is 0.375 e. The van der Waals surface area contributed by atoms with Crippen LogP contribution >= 0.6 is 15.9 Å². The Morgan fingerprint density at radius 2 is 2.00 bits per heavy atom. The van der Waals surface area contributed by atoms with Gasteiger partial charge in [-0.05, 0) is 31.0 Å². The summed E-state index contributed by atoms with van der Waals surface area (Å²) in [6.07, 6.45) is 0. The summed E-state index contributed by atoms with van der Waals surface area (Å²) < 4.78 is 11.3. The summed E-state index contributed by atoms with van der Waals surface area (Å²) in [6.45, 7) is 5.45. The molecule has 2 N–H and O–H groups in total. The van der Waals surface area contributed by atoms with Crippen molar-refractivity contribution in [2.75, 3.05) is 13.2 Å². The lowest BCUT2D eigenvalue weighted by Crippen LogP contribution is -2.42. The van der Waals surface area contributed by atoms with Gasteiger partial charge in [-0.25, -0.2) is 9.59 Å². The van der Waals surface area contributed by atoms with E-state index in [1.54, 1.807) is 19.1 Å². The van der Waals surface area contributed by atoms with Gasteiger partial charge in [-0.15, -0.1) is 0 Å². The van der Waals surface area contributed by atoms with E-state index in [1.165, 1.54) is 0 Å². The number of nitrogens with one attached hydrogen (secondary N) is 2. The van der Waals surface area contributed by atoms with E-state index >= 15 is 0 Å². The number of furan rings is 1. The van der Waals surface area contributed by atoms with Crippen LogP contribution in [0.2, 0.25) is 0 Å². The van der Waals surface area contributed by atoms with Gasteiger partial charge < -0.3 is 14.5 Å². The average Bonchev–Trinajstić information content (AvgIpc) is 2.87. The number of hydrogen-bond acceptors (Lipinski definition) is 5. The van der Waals surface area contributed by atoms with Gasteiger partial charge in [0.05, 0.1) is 0 Å². The molecular formula is C17H19BrN2O5. The van der Waals surface area contributed by atoms with Crippen LogP contribution in [0.1, 0.15) is 30.0 Å². The maximum absolute atomic E-state index is 12.1. The van der Waals surface area contributed by atoms with Crippen LogP contribution in [0.5, 0.6) is 0 Å². The highest BCUT2D eigenvalue weighted by atomic mass is 79.9. The third-order valence-electron chi connectivity index (χ3n) is 3.34. The van der Waals surface area contributed by atoms with E-state index in [0.29, 0.717) is 17.7 Å². The van der Waals surface area contributed by atoms with Crippen LogP contribution in [0.3, 0.4) is 0 Å². The molecular weight excluding hydrogens is 392 g/mol. The van der Waals surface area contributed by atoms with Gasteiger partial charge in [-0.3, -0.25) is 10.1 Å². The largest absolute Gasteiger partial charge is 0.450 e. The third kappa shape index (κ3) is 5.06. The molecule has 8 heteroatoms. The minimum absolute atomic E-state index is 0.0326. The van der Waals surface area contributed by atoms with Crippen molar-refractivity contribution in [1.29, 1.82) is 0 Å². The fraction of sp³-hybridized carbons (Fsp3) is 0.353. The molecule has 3 amide bonds. The number of aryl methyl sites for hydroxylation is 1. The third-order valence-corrected chi connectivity index (χ3v) is 3.84. The number of halogens is 1. The quantitative estimate of drug-likeness (QED) is 0.737. The Hall–Kier alpha value is -2.35. The average molecular weight is 411 g/mol. The highest BCUT2D eigenvalue weighted by Gasteiger charge is 2.20. The van der Waals surface area contributed by atoms with Gasteiger partial charge >= 0.3 is 12.0 Å². The zero-order valence-electron chi connectivity index (χ0n) is 14.1. The second-order valence-corrected chi connectivity index (χ2v) is 6.84. The first-order chi connectivity index (χ1) is 11.8. The molecule has 0 bridgehead atoms. The molecule has 1 aromatic carbocycles. The van der Waals surface area contributed by atoms with Crippen LogP contribution in [-0.4, -0.2) is 31.1 Å². The van der Waals surface area contributed by atoms with Crippen molar-refractivity contribution in [2.45, 2.75) is 20.8 Å². The number of imide groups is 1. The molecule has 0 aliphatic heterocycles. The molecule has 2 aromatic rings. The number of hydrogen-bond donors (Lipinski definition) is 2. The summed E-state index contributed by atoms with van der Waals surface area (Å²) in [4.78, 5) is 35.2. The van der Waals surface area contributed by atoms with E-state index in [4.69, 9.17) is 9.15 Å². The van der Waals surface area contributed by atoms with Gasteiger partial charge in [-0.1, -0.05) is 29.8 Å². The molecule has 0 unspecified atom stereocenters. The van der Waals surface area contributed by atoms with Gasteiger partial charge in [-0.2, -0.15) is 0 Å². The molecule has 0 saturated carbocycles. The molecule has 0 radical (unpaired) electrons. The van der Waals surface area contributed by atoms with E-state index in [1.807, 2.05) is 19.9 Å². The number of fused-ring (bicyclic) bond motifs is 1. The van der Waals surface area contributed by atoms with Crippen LogP contribution in [0, 0.1) is 12.8 Å². The van der Waals surface area contributed by atoms with Crippen molar-refractivity contribution in [3.63, 3.8) is 0 Å². The molecule has 1 aromatic heterocycles. The Balaban J connectivity index is 1.93. The highest BCUT2D eigenvalue weighted by Crippen LogP contribution is 2.28. The fourth-order valence-electron chi connectivity index (χ4n) is 2.09. The summed E-state index contributed by atoms with van der Waals surface area (Å²) >= 11 is 3.36. The lowest BCUT2D eigenvalue weighted by molar-refractivity contribution is -0.123. The lowest BCUT2D eigenvalue weighted by Gasteiger charge is -2.08. The van der Waals surface area contributed by atoms with Crippen molar-refractivity contribution in [1.82, 2.24) is 10.6 Å². The molecule has 0 aliphatic carbocycles. The van der Waals surface area contributed by atoms with Crippen LogP contribution in [0.4, 0.5) is 4.79 Å². The number of benzene rings is 1. The van der Waals surface area contributed by atoms with Crippen molar-refractivity contribution in [3.8, 4) is 0 Å². The summed E-state index contributed by atoms with van der Waals surface area (Å²) in [5.41, 5.74) is 1.17. The first-order valence-corrected chi connectivity index (χ1v) is 8.50. The monoisotopic (exact) mass is 410 g/mol. The number of ether oxygens (including phenoxy) is 1. The summed E-state index contributed by atoms with van der Waals surface area (Å²) in [6, 6.07) is 4.73. The van der Waals surface area contributed by atoms with Crippen LogP contribution < -0.4 is 10.6 Å². The van der Waals surface area contributed by atoms with E-state index < -0.39 is 24.5 Å². The van der Waals surface area contributed by atoms with Gasteiger partial charge in [0.15, 0.2) is 6.61 Å². The maximum atomic E-state index is 12.1. The normalized spacial score (nSPS) is 10.8. The first-order valence-electron chi connectivity index (χ1n) is 7.71. The summed E-state index contributed by atoms with van der Waals surface area (Å²) in [5.74, 6) is -1.19. The molecule has 1 heterocycles. The molecule has 0 fully saturated rings. The second kappa shape index (κ2) is 8.15. The van der Waals surface area contributed by atoms with Crippen molar-refractivity contribution < 1.29 is 23.5 Å². The summed E-state index contributed by atoms with van der Waals surface area (Å²) in [7, 11) is 0. The molecule has 25 heavy (non-hydrogen) atoms. The van der Waals surface area contributed by atoms with E-state index in [9.17, 15) is 14.4 Å². The minimum atomic E-state index is -0.762. The van der Waals surface area contributed by atoms with Crippen molar-refractivity contribution >= 4 is 44.8 Å². The van der Waals surface area contributed by atoms with Gasteiger partial charge in [0, 0.05) is 22.0 Å². The number of carbonyl (C=O) groups excluding carboxylic acids is 3. The number of carbonyl (C=O) groups is 3. The number of amides is 3. The Morgan fingerprint density at radius 1 is 1.28 bits per heavy atom. The van der Waals surface area contributed by atoms with Crippen molar-refractivity contribution in [2.24, 2.45) is 5.92 Å². The zero-order valence-corrected chi connectivity index (χ0v) is 15.7. The SMILES string of the molecule is Cc1c(C(=O)OCC(=O)NC(=O)NCC(C)C)oc2ccc(Br)cc12. The van der Waals surface area contributed by atoms with Crippen molar-refractivity contribution in [3.05, 3.63) is 34.0 Å². The summed E-state index contributed by atoms with van der Waals surface area (Å²) in [5, 5.41) is 5.39. The first kappa shape index (κ1) is 19.0. The predicted octanol–water partition coefficient (Wildman–Crippen LogP) is 3.14. The van der Waals surface area contributed by atoms with E-state index in [2.05, 4.69) is 26.6 Å². The molecule has 2 rings (SSSR count). The smallest absolute Gasteiger partial charge is 0.375 e. The highest BCUT2D eigenvalue weighted by molar-refractivity contribution is 9.10. The Labute approximate surface area is 153 Å². The fourth-order valence-corrected chi connectivity index (χ4v) is 2.45. The zero-order chi connectivity index (χ0) is 18.6. The Kier molecular flexibility index (Phi) is 6.19. The van der Waals surface area contributed by atoms with Gasteiger partial charge in [0.25, 0.3) is 5.91 Å². The van der Waals surface area contributed by atoms with E-state index in [0.717, 1.165) is 9.86 Å². The second-order valence-electron chi connectivity index (χ2n) is 5.92. The number of rotatable bonds is 5. The minimum Gasteiger partial charge on any atom is -0.450 e. The standard InChI is InChI=1S/C17H19BrN2O5/c1-9(2)7-19-17(23)20-14(21)8-24-16(22)15-10(3)12-6-11(18)4-5-13(12)25-15/h4-6,9H,7-8H2,1-3H3,(H2,19,20,21,23). The van der Waals surface area contributed by atoms with E-state index in [-0.39, 0.29) is 11.7 Å². The van der Waals surface area contributed by atoms with Crippen LogP contribution in [0.15, 0.2) is 27.1 Å². The topological polar surface area (TPSA) is 97.6 Å². The van der Waals surface area contributed by atoms with Gasteiger partial charge in [0.2, 0.25) is 5.76 Å². The van der Waals surface area contributed by atoms with Crippen LogP contribution in [-0.2, 0) is 9.53 Å². The molecule has 7 nitrogen and oxygen atoms in total. The number of urea groups is 1.